The van der Waals surface area contributed by atoms with Gasteiger partial charge in [0.15, 0.2) is 11.6 Å². The molecule has 0 aliphatic rings. The van der Waals surface area contributed by atoms with Crippen LogP contribution in [0.1, 0.15) is 18.4 Å². The predicted molar refractivity (Wildman–Crippen MR) is 66.5 cm³/mol. The van der Waals surface area contributed by atoms with Crippen molar-refractivity contribution >= 4 is 11.9 Å². The molecule has 0 bridgehead atoms. The molecule has 0 spiro atoms. The first-order valence-corrected chi connectivity index (χ1v) is 5.84. The molecule has 104 valence electrons. The highest BCUT2D eigenvalue weighted by Crippen LogP contribution is 2.18. The number of carboxylic acids is 1. The first-order valence-electron chi connectivity index (χ1n) is 5.84. The quantitative estimate of drug-likeness (QED) is 0.783. The SMILES string of the molecule is COc1cc(CCC(=O)NCCC(=O)O)ccc1F. The number of carboxylic acid groups (broad SMARTS) is 1. The largest absolute Gasteiger partial charge is 0.494 e. The molecule has 0 heterocycles. The molecule has 0 atom stereocenters. The standard InChI is InChI=1S/C13H16FNO4/c1-19-11-8-9(2-4-10(11)14)3-5-12(16)15-7-6-13(17)18/h2,4,8H,3,5-7H2,1H3,(H,15,16)(H,17,18). The number of hydrogen-bond acceptors (Lipinski definition) is 3. The summed E-state index contributed by atoms with van der Waals surface area (Å²) in [6.45, 7) is 0.112. The summed E-state index contributed by atoms with van der Waals surface area (Å²) in [6, 6.07) is 4.42. The number of rotatable bonds is 7. The summed E-state index contributed by atoms with van der Waals surface area (Å²) in [5.41, 5.74) is 0.784. The molecule has 0 aliphatic heterocycles. The average molecular weight is 269 g/mol. The van der Waals surface area contributed by atoms with E-state index in [4.69, 9.17) is 9.84 Å². The zero-order valence-corrected chi connectivity index (χ0v) is 10.6. The molecule has 19 heavy (non-hydrogen) atoms. The summed E-state index contributed by atoms with van der Waals surface area (Å²) in [4.78, 5) is 21.7. The topological polar surface area (TPSA) is 75.6 Å². The Balaban J connectivity index is 2.39. The van der Waals surface area contributed by atoms with Crippen molar-refractivity contribution in [2.24, 2.45) is 0 Å². The Hall–Kier alpha value is -2.11. The lowest BCUT2D eigenvalue weighted by Crippen LogP contribution is -2.26. The third-order valence-corrected chi connectivity index (χ3v) is 2.52. The van der Waals surface area contributed by atoms with Crippen LogP contribution in [0.2, 0.25) is 0 Å². The zero-order chi connectivity index (χ0) is 14.3. The highest BCUT2D eigenvalue weighted by Gasteiger charge is 2.06. The van der Waals surface area contributed by atoms with Crippen molar-refractivity contribution in [2.75, 3.05) is 13.7 Å². The van der Waals surface area contributed by atoms with Gasteiger partial charge in [-0.25, -0.2) is 4.39 Å². The van der Waals surface area contributed by atoms with Crippen molar-refractivity contribution in [1.82, 2.24) is 5.32 Å². The molecule has 0 fully saturated rings. The summed E-state index contributed by atoms with van der Waals surface area (Å²) in [5.74, 6) is -1.49. The minimum Gasteiger partial charge on any atom is -0.494 e. The highest BCUT2D eigenvalue weighted by molar-refractivity contribution is 5.77. The van der Waals surface area contributed by atoms with E-state index in [0.29, 0.717) is 6.42 Å². The third kappa shape index (κ3) is 5.37. The van der Waals surface area contributed by atoms with Crippen molar-refractivity contribution in [3.05, 3.63) is 29.6 Å². The molecule has 0 aliphatic carbocycles. The normalized spacial score (nSPS) is 10.0. The Morgan fingerprint density at radius 2 is 2.11 bits per heavy atom. The van der Waals surface area contributed by atoms with Crippen LogP contribution >= 0.6 is 0 Å². The van der Waals surface area contributed by atoms with Crippen LogP contribution < -0.4 is 10.1 Å². The minimum absolute atomic E-state index is 0.101. The fourth-order valence-corrected chi connectivity index (χ4v) is 1.51. The van der Waals surface area contributed by atoms with Gasteiger partial charge in [-0.15, -0.1) is 0 Å². The number of halogens is 1. The molecular weight excluding hydrogens is 253 g/mol. The number of methoxy groups -OCH3 is 1. The van der Waals surface area contributed by atoms with Crippen molar-refractivity contribution < 1.29 is 23.8 Å². The van der Waals surface area contributed by atoms with Crippen molar-refractivity contribution in [3.63, 3.8) is 0 Å². The Bertz CT molecular complexity index is 462. The first kappa shape index (κ1) is 14.9. The van der Waals surface area contributed by atoms with Gasteiger partial charge in [-0.3, -0.25) is 9.59 Å². The molecule has 0 saturated heterocycles. The number of amides is 1. The molecule has 5 nitrogen and oxygen atoms in total. The number of aliphatic carboxylic acids is 1. The molecule has 6 heteroatoms. The minimum atomic E-state index is -0.955. The summed E-state index contributed by atoms with van der Waals surface area (Å²) < 4.78 is 18.0. The van der Waals surface area contributed by atoms with Crippen LogP contribution in [-0.2, 0) is 16.0 Å². The maximum absolute atomic E-state index is 13.2. The third-order valence-electron chi connectivity index (χ3n) is 2.52. The molecule has 1 aromatic carbocycles. The van der Waals surface area contributed by atoms with Crippen LogP contribution in [0.25, 0.3) is 0 Å². The number of carbonyl (C=O) groups is 2. The van der Waals surface area contributed by atoms with Gasteiger partial charge in [-0.1, -0.05) is 6.07 Å². The van der Waals surface area contributed by atoms with Gasteiger partial charge in [-0.05, 0) is 24.1 Å². The van der Waals surface area contributed by atoms with Crippen LogP contribution in [0, 0.1) is 5.82 Å². The summed E-state index contributed by atoms with van der Waals surface area (Å²) in [6.07, 6.45) is 0.556. The number of nitrogens with one attached hydrogen (secondary N) is 1. The van der Waals surface area contributed by atoms with Crippen molar-refractivity contribution in [1.29, 1.82) is 0 Å². The second kappa shape index (κ2) is 7.35. The lowest BCUT2D eigenvalue weighted by atomic mass is 10.1. The maximum atomic E-state index is 13.2. The molecule has 0 saturated carbocycles. The molecule has 1 amide bonds. The molecular formula is C13H16FNO4. The number of hydrogen-bond donors (Lipinski definition) is 2. The molecule has 0 radical (unpaired) electrons. The lowest BCUT2D eigenvalue weighted by molar-refractivity contribution is -0.136. The van der Waals surface area contributed by atoms with Crippen LogP contribution in [-0.4, -0.2) is 30.6 Å². The van der Waals surface area contributed by atoms with E-state index in [2.05, 4.69) is 5.32 Å². The molecule has 1 rings (SSSR count). The van der Waals surface area contributed by atoms with Crippen LogP contribution in [0.15, 0.2) is 18.2 Å². The number of benzene rings is 1. The van der Waals surface area contributed by atoms with Gasteiger partial charge in [-0.2, -0.15) is 0 Å². The zero-order valence-electron chi connectivity index (χ0n) is 10.6. The van der Waals surface area contributed by atoms with E-state index >= 15 is 0 Å². The van der Waals surface area contributed by atoms with E-state index in [9.17, 15) is 14.0 Å². The fraction of sp³-hybridized carbons (Fsp3) is 0.385. The van der Waals surface area contributed by atoms with E-state index in [0.717, 1.165) is 5.56 Å². The Labute approximate surface area is 110 Å². The smallest absolute Gasteiger partial charge is 0.305 e. The summed E-state index contributed by atoms with van der Waals surface area (Å²) in [7, 11) is 1.38. The first-order chi connectivity index (χ1) is 9.02. The van der Waals surface area contributed by atoms with Gasteiger partial charge >= 0.3 is 5.97 Å². The number of aryl methyl sites for hydroxylation is 1. The monoisotopic (exact) mass is 269 g/mol. The van der Waals surface area contributed by atoms with E-state index in [1.807, 2.05) is 0 Å². The lowest BCUT2D eigenvalue weighted by Gasteiger charge is -2.06. The Morgan fingerprint density at radius 3 is 2.74 bits per heavy atom. The van der Waals surface area contributed by atoms with Crippen LogP contribution in [0.4, 0.5) is 4.39 Å². The van der Waals surface area contributed by atoms with Gasteiger partial charge in [0.2, 0.25) is 5.91 Å². The van der Waals surface area contributed by atoms with Crippen molar-refractivity contribution in [2.45, 2.75) is 19.3 Å². The highest BCUT2D eigenvalue weighted by atomic mass is 19.1. The number of carbonyl (C=O) groups excluding carboxylic acids is 1. The fourth-order valence-electron chi connectivity index (χ4n) is 1.51. The second-order valence-corrected chi connectivity index (χ2v) is 3.96. The van der Waals surface area contributed by atoms with Gasteiger partial charge in [0.05, 0.1) is 13.5 Å². The Kier molecular flexibility index (Phi) is 5.78. The molecule has 0 unspecified atom stereocenters. The number of ether oxygens (including phenoxy) is 1. The molecule has 1 aromatic rings. The van der Waals surface area contributed by atoms with Crippen LogP contribution in [0.3, 0.4) is 0 Å². The molecule has 0 aromatic heterocycles. The van der Waals surface area contributed by atoms with E-state index in [1.165, 1.54) is 13.2 Å². The Morgan fingerprint density at radius 1 is 1.37 bits per heavy atom. The molecule has 2 N–H and O–H groups in total. The van der Waals surface area contributed by atoms with E-state index < -0.39 is 11.8 Å². The van der Waals surface area contributed by atoms with Gasteiger partial charge in [0, 0.05) is 13.0 Å². The predicted octanol–water partition coefficient (Wildman–Crippen LogP) is 1.36. The van der Waals surface area contributed by atoms with Gasteiger partial charge < -0.3 is 15.2 Å². The van der Waals surface area contributed by atoms with Gasteiger partial charge in [0.25, 0.3) is 0 Å². The average Bonchev–Trinajstić information content (AvgIpc) is 2.37. The summed E-state index contributed by atoms with van der Waals surface area (Å²) >= 11 is 0. The van der Waals surface area contributed by atoms with Gasteiger partial charge in [0.1, 0.15) is 0 Å². The van der Waals surface area contributed by atoms with E-state index in [-0.39, 0.29) is 31.0 Å². The summed E-state index contributed by atoms with van der Waals surface area (Å²) in [5, 5.41) is 10.9. The van der Waals surface area contributed by atoms with Crippen LogP contribution in [0.5, 0.6) is 5.75 Å². The van der Waals surface area contributed by atoms with Crippen molar-refractivity contribution in [3.8, 4) is 5.75 Å². The maximum Gasteiger partial charge on any atom is 0.305 e. The van der Waals surface area contributed by atoms with E-state index in [1.54, 1.807) is 12.1 Å². The second-order valence-electron chi connectivity index (χ2n) is 3.96.